The van der Waals surface area contributed by atoms with Crippen LogP contribution in [0.2, 0.25) is 0 Å². The summed E-state index contributed by atoms with van der Waals surface area (Å²) in [5.41, 5.74) is 3.06. The molecule has 0 aromatic heterocycles. The minimum Gasteiger partial charge on any atom is -0.493 e. The maximum Gasteiger partial charge on any atom is 0.119 e. The van der Waals surface area contributed by atoms with E-state index in [1.165, 1.54) is 11.1 Å². The van der Waals surface area contributed by atoms with Gasteiger partial charge in [0.15, 0.2) is 0 Å². The van der Waals surface area contributed by atoms with Crippen molar-refractivity contribution in [3.63, 3.8) is 0 Å². The van der Waals surface area contributed by atoms with Crippen LogP contribution in [0.5, 0.6) is 5.75 Å². The monoisotopic (exact) mass is 309 g/mol. The van der Waals surface area contributed by atoms with E-state index in [1.807, 2.05) is 18.2 Å². The van der Waals surface area contributed by atoms with Crippen LogP contribution in [0.3, 0.4) is 0 Å². The summed E-state index contributed by atoms with van der Waals surface area (Å²) in [4.78, 5) is 0. The Morgan fingerprint density at radius 2 is 1.61 bits per heavy atom. The Bertz CT molecular complexity index is 588. The molecule has 2 rings (SSSR count). The average Bonchev–Trinajstić information content (AvgIpc) is 2.46. The zero-order valence-electron chi connectivity index (χ0n) is 15.1. The molecule has 123 valence electrons. The molecule has 0 spiro atoms. The number of hydrogen-bond acceptors (Lipinski definition) is 1. The van der Waals surface area contributed by atoms with Gasteiger partial charge in [-0.05, 0) is 46.6 Å². The van der Waals surface area contributed by atoms with E-state index in [4.69, 9.17) is 4.74 Å². The number of ether oxygens (including phenoxy) is 1. The molecule has 0 atom stereocenters. The first-order valence-corrected chi connectivity index (χ1v) is 8.45. The summed E-state index contributed by atoms with van der Waals surface area (Å²) in [6, 6.07) is 19.9. The normalized spacial score (nSPS) is 12.2. The number of hydrogen-bond donors (Lipinski definition) is 0. The first-order valence-electron chi connectivity index (χ1n) is 8.45. The minimum atomic E-state index is 0.176. The van der Waals surface area contributed by atoms with Crippen LogP contribution in [0.25, 0.3) is 0 Å². The SMILES string of the molecule is CC(C)(C)CC(C)(C)c1ccc(OCCc2[c]cccc2)cc1. The van der Waals surface area contributed by atoms with Crippen LogP contribution in [0.1, 0.15) is 52.2 Å². The fourth-order valence-corrected chi connectivity index (χ4v) is 3.30. The molecule has 2 aromatic rings. The highest BCUT2D eigenvalue weighted by molar-refractivity contribution is 5.32. The molecule has 2 aromatic carbocycles. The van der Waals surface area contributed by atoms with Gasteiger partial charge in [0.1, 0.15) is 5.75 Å². The van der Waals surface area contributed by atoms with Crippen LogP contribution in [-0.4, -0.2) is 6.61 Å². The summed E-state index contributed by atoms with van der Waals surface area (Å²) in [6.45, 7) is 12.2. The summed E-state index contributed by atoms with van der Waals surface area (Å²) in [5, 5.41) is 0. The van der Waals surface area contributed by atoms with Crippen molar-refractivity contribution >= 4 is 0 Å². The van der Waals surface area contributed by atoms with Gasteiger partial charge in [0.25, 0.3) is 0 Å². The van der Waals surface area contributed by atoms with E-state index in [9.17, 15) is 0 Å². The molecule has 1 nitrogen and oxygen atoms in total. The zero-order valence-corrected chi connectivity index (χ0v) is 15.1. The quantitative estimate of drug-likeness (QED) is 0.653. The van der Waals surface area contributed by atoms with Gasteiger partial charge in [-0.15, -0.1) is 0 Å². The summed E-state index contributed by atoms with van der Waals surface area (Å²) in [5.74, 6) is 0.941. The van der Waals surface area contributed by atoms with Crippen molar-refractivity contribution in [2.45, 2.75) is 52.9 Å². The number of benzene rings is 2. The van der Waals surface area contributed by atoms with Crippen LogP contribution < -0.4 is 4.74 Å². The molecule has 0 fully saturated rings. The molecular weight excluding hydrogens is 280 g/mol. The summed E-state index contributed by atoms with van der Waals surface area (Å²) in [6.07, 6.45) is 2.04. The second-order valence-corrected chi connectivity index (χ2v) is 8.13. The number of rotatable bonds is 6. The lowest BCUT2D eigenvalue weighted by molar-refractivity contribution is 0.283. The molecule has 0 N–H and O–H groups in total. The fourth-order valence-electron chi connectivity index (χ4n) is 3.30. The third-order valence-electron chi connectivity index (χ3n) is 4.02. The first kappa shape index (κ1) is 17.6. The second kappa shape index (κ2) is 7.21. The zero-order chi connectivity index (χ0) is 16.9. The molecule has 0 saturated heterocycles. The molecular formula is C22H29O. The van der Waals surface area contributed by atoms with E-state index >= 15 is 0 Å². The van der Waals surface area contributed by atoms with Crippen molar-refractivity contribution in [2.24, 2.45) is 5.41 Å². The highest BCUT2D eigenvalue weighted by Crippen LogP contribution is 2.36. The first-order chi connectivity index (χ1) is 10.8. The summed E-state index contributed by atoms with van der Waals surface area (Å²) < 4.78 is 5.86. The molecule has 1 radical (unpaired) electrons. The maximum atomic E-state index is 5.86. The molecule has 1 heteroatoms. The predicted octanol–water partition coefficient (Wildman–Crippen LogP) is 5.82. The predicted molar refractivity (Wildman–Crippen MR) is 98.0 cm³/mol. The van der Waals surface area contributed by atoms with Crippen LogP contribution in [0.15, 0.2) is 48.5 Å². The molecule has 0 unspecified atom stereocenters. The molecule has 0 heterocycles. The smallest absolute Gasteiger partial charge is 0.119 e. The molecule has 0 amide bonds. The Balaban J connectivity index is 1.91. The van der Waals surface area contributed by atoms with Crippen molar-refractivity contribution in [3.8, 4) is 5.75 Å². The largest absolute Gasteiger partial charge is 0.493 e. The van der Waals surface area contributed by atoms with E-state index in [-0.39, 0.29) is 5.41 Å². The standard InChI is InChI=1S/C22H29O/c1-21(2,3)17-22(4,5)19-11-13-20(14-12-19)23-16-15-18-9-7-6-8-10-18/h6-9,11-14H,15-17H2,1-5H3. The van der Waals surface area contributed by atoms with Crippen LogP contribution >= 0.6 is 0 Å². The van der Waals surface area contributed by atoms with Gasteiger partial charge in [-0.25, -0.2) is 0 Å². The van der Waals surface area contributed by atoms with E-state index in [2.05, 4.69) is 71.0 Å². The van der Waals surface area contributed by atoms with Gasteiger partial charge >= 0.3 is 0 Å². The van der Waals surface area contributed by atoms with Crippen molar-refractivity contribution in [2.75, 3.05) is 6.61 Å². The Labute approximate surface area is 141 Å². The topological polar surface area (TPSA) is 9.23 Å². The summed E-state index contributed by atoms with van der Waals surface area (Å²) >= 11 is 0. The highest BCUT2D eigenvalue weighted by atomic mass is 16.5. The van der Waals surface area contributed by atoms with E-state index < -0.39 is 0 Å². The molecule has 0 aliphatic carbocycles. The lowest BCUT2D eigenvalue weighted by Gasteiger charge is -2.33. The van der Waals surface area contributed by atoms with Gasteiger partial charge in [0.2, 0.25) is 0 Å². The Morgan fingerprint density at radius 1 is 0.913 bits per heavy atom. The fraction of sp³-hybridized carbons (Fsp3) is 0.455. The van der Waals surface area contributed by atoms with Crippen molar-refractivity contribution in [3.05, 3.63) is 65.7 Å². The van der Waals surface area contributed by atoms with Crippen LogP contribution in [0, 0.1) is 11.5 Å². The van der Waals surface area contributed by atoms with Crippen LogP contribution in [-0.2, 0) is 11.8 Å². The van der Waals surface area contributed by atoms with Gasteiger partial charge < -0.3 is 4.74 Å². The van der Waals surface area contributed by atoms with Crippen molar-refractivity contribution < 1.29 is 4.74 Å². The highest BCUT2D eigenvalue weighted by Gasteiger charge is 2.27. The van der Waals surface area contributed by atoms with E-state index in [0.717, 1.165) is 18.6 Å². The Morgan fingerprint density at radius 3 is 2.17 bits per heavy atom. The molecule has 0 saturated carbocycles. The maximum absolute atomic E-state index is 5.86. The van der Waals surface area contributed by atoms with Crippen LogP contribution in [0.4, 0.5) is 0 Å². The van der Waals surface area contributed by atoms with E-state index in [1.54, 1.807) is 0 Å². The van der Waals surface area contributed by atoms with Gasteiger partial charge in [0.05, 0.1) is 6.61 Å². The second-order valence-electron chi connectivity index (χ2n) is 8.13. The lowest BCUT2D eigenvalue weighted by Crippen LogP contribution is -2.24. The third-order valence-corrected chi connectivity index (χ3v) is 4.02. The molecule has 23 heavy (non-hydrogen) atoms. The van der Waals surface area contributed by atoms with Gasteiger partial charge in [0, 0.05) is 6.42 Å². The van der Waals surface area contributed by atoms with Gasteiger partial charge in [-0.3, -0.25) is 0 Å². The molecule has 0 aliphatic heterocycles. The van der Waals surface area contributed by atoms with Gasteiger partial charge in [-0.2, -0.15) is 0 Å². The van der Waals surface area contributed by atoms with E-state index in [0.29, 0.717) is 12.0 Å². The summed E-state index contributed by atoms with van der Waals surface area (Å²) in [7, 11) is 0. The minimum absolute atomic E-state index is 0.176. The Kier molecular flexibility index (Phi) is 5.51. The van der Waals surface area contributed by atoms with Crippen molar-refractivity contribution in [1.82, 2.24) is 0 Å². The Hall–Kier alpha value is -1.76. The molecule has 0 bridgehead atoms. The third kappa shape index (κ3) is 5.74. The lowest BCUT2D eigenvalue weighted by atomic mass is 9.72. The average molecular weight is 309 g/mol. The van der Waals surface area contributed by atoms with Crippen molar-refractivity contribution in [1.29, 1.82) is 0 Å². The molecule has 0 aliphatic rings. The van der Waals surface area contributed by atoms with Gasteiger partial charge in [-0.1, -0.05) is 71.0 Å².